The lowest BCUT2D eigenvalue weighted by Gasteiger charge is -2.29. The zero-order valence-corrected chi connectivity index (χ0v) is 23.3. The third-order valence-corrected chi connectivity index (χ3v) is 7.78. The number of amides is 2. The molecule has 1 fully saturated rings. The Bertz CT molecular complexity index is 1660. The van der Waals surface area contributed by atoms with E-state index in [1.54, 1.807) is 21.3 Å². The topological polar surface area (TPSA) is 111 Å². The Hall–Kier alpha value is -4.12. The molecule has 1 saturated carbocycles. The summed E-state index contributed by atoms with van der Waals surface area (Å²) in [5, 5.41) is 5.50. The summed E-state index contributed by atoms with van der Waals surface area (Å²) in [5.74, 6) is -0.754. The summed E-state index contributed by atoms with van der Waals surface area (Å²) < 4.78 is 30.1. The standard InChI is InChI=1S/C29H29ClF2N6O3/c1-16-4-3-5-23-25(16)38(20-10-11-22(34-14-20)28(40)33-2)29(41)37(23)15-17-6-8-19(9-7-17)36-27(39)21-12-18(30)13-35-24(21)26(31)32/h3-5,10-14,17,19,26H,6-9,15H2,1-2H3,(H,33,40)(H,36,39). The SMILES string of the molecule is CNC(=O)c1ccc(-n2c(=O)n(CC3CCC(NC(=O)c4cc(Cl)cnc4C(F)F)CC3)c3cccc(C)c32)cn1. The number of aryl methyl sites for hydroxylation is 1. The molecule has 2 N–H and O–H groups in total. The van der Waals surface area contributed by atoms with Crippen LogP contribution in [0.4, 0.5) is 8.78 Å². The molecule has 1 aromatic carbocycles. The lowest BCUT2D eigenvalue weighted by Crippen LogP contribution is -2.39. The molecule has 0 bridgehead atoms. The number of nitrogens with zero attached hydrogens (tertiary/aromatic N) is 4. The molecule has 1 aliphatic carbocycles. The minimum absolute atomic E-state index is 0.112. The number of nitrogens with one attached hydrogen (secondary N) is 2. The van der Waals surface area contributed by atoms with Crippen molar-refractivity contribution in [3.63, 3.8) is 0 Å². The molecule has 0 atom stereocenters. The molecule has 41 heavy (non-hydrogen) atoms. The number of halogens is 3. The van der Waals surface area contributed by atoms with Gasteiger partial charge in [0.1, 0.15) is 11.4 Å². The van der Waals surface area contributed by atoms with Crippen LogP contribution in [0.3, 0.4) is 0 Å². The van der Waals surface area contributed by atoms with Gasteiger partial charge in [-0.3, -0.25) is 23.7 Å². The monoisotopic (exact) mass is 582 g/mol. The van der Waals surface area contributed by atoms with Gasteiger partial charge in [0, 0.05) is 25.8 Å². The third-order valence-electron chi connectivity index (χ3n) is 7.58. The van der Waals surface area contributed by atoms with Gasteiger partial charge >= 0.3 is 5.69 Å². The van der Waals surface area contributed by atoms with Crippen molar-refractivity contribution in [2.24, 2.45) is 5.92 Å². The number of carbonyl (C=O) groups is 2. The molecule has 4 aromatic rings. The van der Waals surface area contributed by atoms with Crippen LogP contribution in [0.25, 0.3) is 16.7 Å². The number of hydrogen-bond acceptors (Lipinski definition) is 5. The number of para-hydroxylation sites is 1. The van der Waals surface area contributed by atoms with Crippen molar-refractivity contribution in [1.82, 2.24) is 29.7 Å². The molecule has 3 aromatic heterocycles. The molecule has 2 amide bonds. The van der Waals surface area contributed by atoms with Crippen LogP contribution in [-0.4, -0.2) is 44.0 Å². The van der Waals surface area contributed by atoms with Crippen LogP contribution in [0.15, 0.2) is 53.6 Å². The average molecular weight is 583 g/mol. The Balaban J connectivity index is 1.33. The van der Waals surface area contributed by atoms with Crippen molar-refractivity contribution in [2.45, 2.75) is 51.6 Å². The minimum Gasteiger partial charge on any atom is -0.354 e. The summed E-state index contributed by atoms with van der Waals surface area (Å²) in [4.78, 5) is 46.3. The number of carbonyl (C=O) groups excluding carboxylic acids is 2. The number of rotatable bonds is 7. The van der Waals surface area contributed by atoms with E-state index in [1.165, 1.54) is 19.3 Å². The van der Waals surface area contributed by atoms with Gasteiger partial charge < -0.3 is 10.6 Å². The quantitative estimate of drug-likeness (QED) is 0.324. The van der Waals surface area contributed by atoms with Crippen molar-refractivity contribution >= 4 is 34.4 Å². The highest BCUT2D eigenvalue weighted by atomic mass is 35.5. The molecule has 3 heterocycles. The first-order valence-electron chi connectivity index (χ1n) is 13.3. The smallest absolute Gasteiger partial charge is 0.333 e. The molecule has 0 unspecified atom stereocenters. The van der Waals surface area contributed by atoms with Crippen molar-refractivity contribution in [3.05, 3.63) is 86.8 Å². The van der Waals surface area contributed by atoms with Gasteiger partial charge in [0.15, 0.2) is 0 Å². The van der Waals surface area contributed by atoms with E-state index in [2.05, 4.69) is 20.6 Å². The molecule has 0 radical (unpaired) electrons. The number of aromatic nitrogens is 4. The molecular weight excluding hydrogens is 554 g/mol. The van der Waals surface area contributed by atoms with Gasteiger partial charge in [-0.1, -0.05) is 23.7 Å². The molecule has 5 rings (SSSR count). The first kappa shape index (κ1) is 28.4. The number of alkyl halides is 2. The summed E-state index contributed by atoms with van der Waals surface area (Å²) in [6, 6.07) is 10.1. The highest BCUT2D eigenvalue weighted by Crippen LogP contribution is 2.29. The van der Waals surface area contributed by atoms with Gasteiger partial charge in [-0.2, -0.15) is 0 Å². The van der Waals surface area contributed by atoms with Crippen LogP contribution in [0.1, 0.15) is 64.2 Å². The van der Waals surface area contributed by atoms with Crippen LogP contribution < -0.4 is 16.3 Å². The van der Waals surface area contributed by atoms with Crippen molar-refractivity contribution in [1.29, 1.82) is 0 Å². The van der Waals surface area contributed by atoms with Gasteiger partial charge in [0.25, 0.3) is 18.2 Å². The maximum atomic E-state index is 13.8. The lowest BCUT2D eigenvalue weighted by molar-refractivity contribution is 0.0903. The second-order valence-corrected chi connectivity index (χ2v) is 10.7. The summed E-state index contributed by atoms with van der Waals surface area (Å²) in [7, 11) is 1.53. The third kappa shape index (κ3) is 5.72. The molecule has 12 heteroatoms. The highest BCUT2D eigenvalue weighted by molar-refractivity contribution is 6.30. The Morgan fingerprint density at radius 2 is 1.83 bits per heavy atom. The fourth-order valence-corrected chi connectivity index (χ4v) is 5.64. The molecule has 0 aliphatic heterocycles. The zero-order valence-electron chi connectivity index (χ0n) is 22.5. The van der Waals surface area contributed by atoms with Gasteiger partial charge in [-0.15, -0.1) is 0 Å². The molecule has 0 saturated heterocycles. The Kier molecular flexibility index (Phi) is 8.16. The number of imidazole rings is 1. The lowest BCUT2D eigenvalue weighted by atomic mass is 9.85. The first-order chi connectivity index (χ1) is 19.7. The van der Waals surface area contributed by atoms with Gasteiger partial charge in [0.2, 0.25) is 0 Å². The predicted molar refractivity (Wildman–Crippen MR) is 151 cm³/mol. The second-order valence-electron chi connectivity index (χ2n) is 10.2. The fourth-order valence-electron chi connectivity index (χ4n) is 5.48. The van der Waals surface area contributed by atoms with Gasteiger partial charge in [0.05, 0.1) is 33.5 Å². The fraction of sp³-hybridized carbons (Fsp3) is 0.345. The second kappa shape index (κ2) is 11.8. The van der Waals surface area contributed by atoms with Crippen LogP contribution in [0.2, 0.25) is 5.02 Å². The normalized spacial score (nSPS) is 17.1. The molecule has 9 nitrogen and oxygen atoms in total. The van der Waals surface area contributed by atoms with Crippen LogP contribution in [0, 0.1) is 12.8 Å². The van der Waals surface area contributed by atoms with Gasteiger partial charge in [-0.25, -0.2) is 18.6 Å². The summed E-state index contributed by atoms with van der Waals surface area (Å²) in [6.45, 7) is 2.43. The summed E-state index contributed by atoms with van der Waals surface area (Å²) in [6.07, 6.45) is 2.50. The van der Waals surface area contributed by atoms with E-state index in [4.69, 9.17) is 11.6 Å². The Labute approximate surface area is 239 Å². The van der Waals surface area contributed by atoms with E-state index in [9.17, 15) is 23.2 Å². The number of pyridine rings is 2. The summed E-state index contributed by atoms with van der Waals surface area (Å²) >= 11 is 5.90. The number of hydrogen-bond donors (Lipinski definition) is 2. The van der Waals surface area contributed by atoms with Crippen LogP contribution in [0.5, 0.6) is 0 Å². The predicted octanol–water partition coefficient (Wildman–Crippen LogP) is 4.83. The van der Waals surface area contributed by atoms with Crippen LogP contribution >= 0.6 is 11.6 Å². The molecule has 214 valence electrons. The van der Waals surface area contributed by atoms with Gasteiger partial charge in [-0.05, 0) is 68.4 Å². The minimum atomic E-state index is -2.89. The van der Waals surface area contributed by atoms with E-state index in [1.807, 2.05) is 25.1 Å². The van der Waals surface area contributed by atoms with E-state index >= 15 is 0 Å². The largest absolute Gasteiger partial charge is 0.354 e. The van der Waals surface area contributed by atoms with E-state index in [-0.39, 0.29) is 39.8 Å². The first-order valence-corrected chi connectivity index (χ1v) is 13.7. The number of fused-ring (bicyclic) bond motifs is 1. The van der Waals surface area contributed by atoms with Crippen LogP contribution in [-0.2, 0) is 6.54 Å². The highest BCUT2D eigenvalue weighted by Gasteiger charge is 2.27. The maximum Gasteiger partial charge on any atom is 0.333 e. The summed E-state index contributed by atoms with van der Waals surface area (Å²) in [5.41, 5.74) is 2.31. The molecule has 0 spiro atoms. The Morgan fingerprint density at radius 3 is 2.49 bits per heavy atom. The zero-order chi connectivity index (χ0) is 29.3. The van der Waals surface area contributed by atoms with E-state index < -0.39 is 18.0 Å². The van der Waals surface area contributed by atoms with E-state index in [0.29, 0.717) is 25.1 Å². The van der Waals surface area contributed by atoms with E-state index in [0.717, 1.165) is 35.6 Å². The van der Waals surface area contributed by atoms with Crippen molar-refractivity contribution < 1.29 is 18.4 Å². The Morgan fingerprint density at radius 1 is 1.07 bits per heavy atom. The maximum absolute atomic E-state index is 13.8. The molecular formula is C29H29ClF2N6O3. The number of benzene rings is 1. The van der Waals surface area contributed by atoms with Crippen molar-refractivity contribution in [2.75, 3.05) is 7.05 Å². The average Bonchev–Trinajstić information content (AvgIpc) is 3.25. The van der Waals surface area contributed by atoms with Crippen molar-refractivity contribution in [3.8, 4) is 5.69 Å². The molecule has 1 aliphatic rings.